The Morgan fingerprint density at radius 1 is 2.00 bits per heavy atom. The van der Waals surface area contributed by atoms with Crippen molar-refractivity contribution in [2.24, 2.45) is 0 Å². The van der Waals surface area contributed by atoms with Crippen LogP contribution < -0.4 is 4.72 Å². The third-order valence-corrected chi connectivity index (χ3v) is 0.995. The van der Waals surface area contributed by atoms with Gasteiger partial charge in [-0.2, -0.15) is 0 Å². The normalized spacial score (nSPS) is 19.2. The van der Waals surface area contributed by atoms with Gasteiger partial charge in [0.2, 0.25) is 0 Å². The maximum absolute atomic E-state index is 2.95. The molecule has 1 N–H and O–H groups in total. The second-order valence-electron chi connectivity index (χ2n) is 0.755. The molecule has 1 aliphatic heterocycles. The van der Waals surface area contributed by atoms with E-state index in [4.69, 9.17) is 0 Å². The first-order valence-corrected chi connectivity index (χ1v) is 2.41. The lowest BCUT2D eigenvalue weighted by Crippen LogP contribution is -1.78. The molecule has 1 heterocycles. The van der Waals surface area contributed by atoms with Crippen LogP contribution in [0.15, 0.2) is 6.20 Å². The predicted octanol–water partition coefficient (Wildman–Crippen LogP) is 0.555. The summed E-state index contributed by atoms with van der Waals surface area (Å²) < 4.78 is 2.90. The second kappa shape index (κ2) is 1.36. The van der Waals surface area contributed by atoms with Gasteiger partial charge in [-0.1, -0.05) is 0 Å². The lowest BCUT2D eigenvalue weighted by atomic mass is 10.7. The van der Waals surface area contributed by atoms with Crippen molar-refractivity contribution in [1.29, 1.82) is 0 Å². The van der Waals surface area contributed by atoms with Crippen molar-refractivity contribution in [2.75, 3.05) is 5.75 Å². The van der Waals surface area contributed by atoms with E-state index in [0.29, 0.717) is 0 Å². The van der Waals surface area contributed by atoms with Gasteiger partial charge >= 0.3 is 0 Å². The Hall–Kier alpha value is -0.110. The summed E-state index contributed by atoms with van der Waals surface area (Å²) >= 11 is 1.66. The average Bonchev–Trinajstić information content (AvgIpc) is 1.76. The summed E-state index contributed by atoms with van der Waals surface area (Å²) in [5, 5.41) is 0. The standard InChI is InChI=1S/C3H4NS/c1-2-4-5-3-1/h2,4H,3H2. The van der Waals surface area contributed by atoms with E-state index in [1.54, 1.807) is 11.9 Å². The summed E-state index contributed by atoms with van der Waals surface area (Å²) in [4.78, 5) is 0. The summed E-state index contributed by atoms with van der Waals surface area (Å²) in [7, 11) is 0. The van der Waals surface area contributed by atoms with Gasteiger partial charge in [0.25, 0.3) is 0 Å². The molecule has 1 rings (SSSR count). The van der Waals surface area contributed by atoms with E-state index >= 15 is 0 Å². The topological polar surface area (TPSA) is 12.0 Å². The average molecular weight is 86.1 g/mol. The van der Waals surface area contributed by atoms with E-state index in [0.717, 1.165) is 5.75 Å². The van der Waals surface area contributed by atoms with Gasteiger partial charge in [-0.05, 0) is 18.0 Å². The molecule has 27 valence electrons. The van der Waals surface area contributed by atoms with E-state index in [-0.39, 0.29) is 0 Å². The fourth-order valence-electron chi connectivity index (χ4n) is 0.208. The van der Waals surface area contributed by atoms with Crippen LogP contribution in [-0.4, -0.2) is 5.75 Å². The highest BCUT2D eigenvalue weighted by atomic mass is 32.2. The van der Waals surface area contributed by atoms with Crippen molar-refractivity contribution >= 4 is 11.9 Å². The highest BCUT2D eigenvalue weighted by molar-refractivity contribution is 7.97. The lowest BCUT2D eigenvalue weighted by molar-refractivity contribution is 1.45. The molecule has 0 bridgehead atoms. The molecule has 0 unspecified atom stereocenters. The van der Waals surface area contributed by atoms with Gasteiger partial charge in [0.05, 0.1) is 0 Å². The van der Waals surface area contributed by atoms with Crippen LogP contribution in [0.1, 0.15) is 0 Å². The van der Waals surface area contributed by atoms with Crippen LogP contribution in [0.5, 0.6) is 0 Å². The fraction of sp³-hybridized carbons (Fsp3) is 0.333. The molecule has 0 fully saturated rings. The molecular formula is C3H4NS. The van der Waals surface area contributed by atoms with E-state index in [1.165, 1.54) is 0 Å². The molecule has 0 amide bonds. The Kier molecular flexibility index (Phi) is 0.841. The number of hydrogen-bond donors (Lipinski definition) is 1. The molecule has 2 heteroatoms. The van der Waals surface area contributed by atoms with Gasteiger partial charge in [0.15, 0.2) is 0 Å². The zero-order valence-corrected chi connectivity index (χ0v) is 3.51. The summed E-state index contributed by atoms with van der Waals surface area (Å²) in [6.45, 7) is 0. The Bertz CT molecular complexity index is 44.9. The van der Waals surface area contributed by atoms with Gasteiger partial charge in [-0.15, -0.1) is 0 Å². The van der Waals surface area contributed by atoms with Gasteiger partial charge in [-0.25, -0.2) is 0 Å². The van der Waals surface area contributed by atoms with Crippen LogP contribution in [0.4, 0.5) is 0 Å². The van der Waals surface area contributed by atoms with Crippen LogP contribution >= 0.6 is 11.9 Å². The van der Waals surface area contributed by atoms with Crippen molar-refractivity contribution in [3.8, 4) is 0 Å². The van der Waals surface area contributed by atoms with Crippen molar-refractivity contribution in [3.05, 3.63) is 12.3 Å². The predicted molar refractivity (Wildman–Crippen MR) is 23.4 cm³/mol. The molecule has 0 saturated heterocycles. The smallest absolute Gasteiger partial charge is 0.0401 e. The molecule has 1 aliphatic rings. The lowest BCUT2D eigenvalue weighted by Gasteiger charge is -1.77. The first-order valence-electron chi connectivity index (χ1n) is 1.42. The van der Waals surface area contributed by atoms with Crippen LogP contribution in [0.3, 0.4) is 0 Å². The maximum Gasteiger partial charge on any atom is 0.0401 e. The molecule has 1 radical (unpaired) electrons. The minimum Gasteiger partial charge on any atom is -0.336 e. The summed E-state index contributed by atoms with van der Waals surface area (Å²) in [6.07, 6.45) is 4.77. The molecular weight excluding hydrogens is 82.1 g/mol. The first kappa shape index (κ1) is 3.09. The van der Waals surface area contributed by atoms with Crippen molar-refractivity contribution in [1.82, 2.24) is 4.72 Å². The Labute approximate surface area is 35.6 Å². The Balaban J connectivity index is 2.32. The van der Waals surface area contributed by atoms with E-state index in [9.17, 15) is 0 Å². The van der Waals surface area contributed by atoms with E-state index in [2.05, 4.69) is 10.8 Å². The number of nitrogens with one attached hydrogen (secondary N) is 1. The summed E-state index contributed by atoms with van der Waals surface area (Å²) in [5.74, 6) is 1.00. The minimum atomic E-state index is 1.00. The zero-order chi connectivity index (χ0) is 3.54. The van der Waals surface area contributed by atoms with Crippen molar-refractivity contribution < 1.29 is 0 Å². The van der Waals surface area contributed by atoms with Crippen LogP contribution in [-0.2, 0) is 0 Å². The Morgan fingerprint density at radius 2 is 3.00 bits per heavy atom. The fourth-order valence-corrected chi connectivity index (χ4v) is 0.625. The Morgan fingerprint density at radius 3 is 3.20 bits per heavy atom. The third kappa shape index (κ3) is 0.581. The largest absolute Gasteiger partial charge is 0.336 e. The van der Waals surface area contributed by atoms with Crippen LogP contribution in [0.2, 0.25) is 0 Å². The third-order valence-electron chi connectivity index (χ3n) is 0.400. The van der Waals surface area contributed by atoms with E-state index in [1.807, 2.05) is 6.20 Å². The quantitative estimate of drug-likeness (QED) is 0.432. The van der Waals surface area contributed by atoms with E-state index < -0.39 is 0 Å². The molecule has 0 aromatic carbocycles. The molecule has 0 atom stereocenters. The molecule has 0 aromatic rings. The molecule has 1 nitrogen and oxygen atoms in total. The van der Waals surface area contributed by atoms with Gasteiger partial charge in [0.1, 0.15) is 0 Å². The molecule has 0 spiro atoms. The minimum absolute atomic E-state index is 1.00. The zero-order valence-electron chi connectivity index (χ0n) is 2.69. The molecule has 5 heavy (non-hydrogen) atoms. The highest BCUT2D eigenvalue weighted by Crippen LogP contribution is 1.97. The summed E-state index contributed by atoms with van der Waals surface area (Å²) in [6, 6.07) is 0. The molecule has 0 aromatic heterocycles. The molecule has 0 aliphatic carbocycles. The SMILES string of the molecule is [C]1=CNSC1. The van der Waals surface area contributed by atoms with Crippen LogP contribution in [0, 0.1) is 6.08 Å². The van der Waals surface area contributed by atoms with Crippen molar-refractivity contribution in [2.45, 2.75) is 0 Å². The van der Waals surface area contributed by atoms with Crippen molar-refractivity contribution in [3.63, 3.8) is 0 Å². The second-order valence-corrected chi connectivity index (χ2v) is 1.57. The van der Waals surface area contributed by atoms with Gasteiger partial charge in [0, 0.05) is 12.0 Å². The van der Waals surface area contributed by atoms with Crippen LogP contribution in [0.25, 0.3) is 0 Å². The van der Waals surface area contributed by atoms with Gasteiger partial charge < -0.3 is 4.72 Å². The number of rotatable bonds is 0. The monoisotopic (exact) mass is 86.0 g/mol. The summed E-state index contributed by atoms with van der Waals surface area (Å²) in [5.41, 5.74) is 0. The van der Waals surface area contributed by atoms with Gasteiger partial charge in [-0.3, -0.25) is 0 Å². The maximum atomic E-state index is 2.95. The first-order chi connectivity index (χ1) is 2.50. The highest BCUT2D eigenvalue weighted by Gasteiger charge is 1.83. The number of hydrogen-bond acceptors (Lipinski definition) is 2. The molecule has 0 saturated carbocycles.